The molecule has 5 heteroatoms. The van der Waals surface area contributed by atoms with Crippen molar-refractivity contribution in [2.24, 2.45) is 0 Å². The lowest BCUT2D eigenvalue weighted by molar-refractivity contribution is 0.0951. The Bertz CT molecular complexity index is 861. The first-order valence-corrected chi connectivity index (χ1v) is 7.49. The van der Waals surface area contributed by atoms with E-state index in [1.807, 2.05) is 30.3 Å². The van der Waals surface area contributed by atoms with Gasteiger partial charge in [-0.2, -0.15) is 0 Å². The second-order valence-electron chi connectivity index (χ2n) is 5.44. The number of nitrogens with one attached hydrogen (secondary N) is 1. The normalized spacial score (nSPS) is 10.7. The molecule has 0 radical (unpaired) electrons. The van der Waals surface area contributed by atoms with E-state index in [4.69, 9.17) is 5.73 Å². The van der Waals surface area contributed by atoms with Crippen molar-refractivity contribution >= 4 is 22.8 Å². The Hall–Kier alpha value is -2.95. The van der Waals surface area contributed by atoms with Gasteiger partial charge in [-0.1, -0.05) is 48.0 Å². The van der Waals surface area contributed by atoms with E-state index < -0.39 is 0 Å². The highest BCUT2D eigenvalue weighted by Crippen LogP contribution is 2.16. The lowest BCUT2D eigenvalue weighted by Gasteiger charge is -2.08. The number of rotatable bonds is 4. The third kappa shape index (κ3) is 3.45. The van der Waals surface area contributed by atoms with Crippen LogP contribution in [-0.2, 0) is 6.42 Å². The van der Waals surface area contributed by atoms with Crippen LogP contribution in [0.5, 0.6) is 0 Å². The average molecular weight is 306 g/mol. The summed E-state index contributed by atoms with van der Waals surface area (Å²) in [5, 5.41) is 3.60. The molecule has 5 nitrogen and oxygen atoms in total. The molecular formula is C18H18N4O. The number of carbonyl (C=O) groups excluding carboxylic acids is 1. The van der Waals surface area contributed by atoms with Crippen LogP contribution in [0, 0.1) is 6.92 Å². The van der Waals surface area contributed by atoms with E-state index in [2.05, 4.69) is 40.4 Å². The van der Waals surface area contributed by atoms with Crippen LogP contribution in [-0.4, -0.2) is 22.4 Å². The monoisotopic (exact) mass is 306 g/mol. The minimum atomic E-state index is -0.233. The molecule has 116 valence electrons. The Morgan fingerprint density at radius 1 is 1.13 bits per heavy atom. The lowest BCUT2D eigenvalue weighted by atomic mass is 10.1. The minimum Gasteiger partial charge on any atom is -0.368 e. The molecule has 0 spiro atoms. The summed E-state index contributed by atoms with van der Waals surface area (Å²) in [5.74, 6) is -0.129. The van der Waals surface area contributed by atoms with Gasteiger partial charge in [0.1, 0.15) is 5.69 Å². The Morgan fingerprint density at radius 3 is 2.78 bits per heavy atom. The summed E-state index contributed by atoms with van der Waals surface area (Å²) in [6.45, 7) is 2.60. The van der Waals surface area contributed by atoms with E-state index in [1.165, 1.54) is 11.1 Å². The second kappa shape index (κ2) is 6.44. The van der Waals surface area contributed by atoms with Crippen molar-refractivity contribution in [3.05, 3.63) is 65.4 Å². The third-order valence-corrected chi connectivity index (χ3v) is 3.62. The lowest BCUT2D eigenvalue weighted by Crippen LogP contribution is -2.27. The van der Waals surface area contributed by atoms with Gasteiger partial charge in [-0.15, -0.1) is 0 Å². The number of carbonyl (C=O) groups is 1. The summed E-state index contributed by atoms with van der Waals surface area (Å²) in [6.07, 6.45) is 0.770. The first-order valence-electron chi connectivity index (χ1n) is 7.49. The molecule has 0 saturated heterocycles. The smallest absolute Gasteiger partial charge is 0.270 e. The van der Waals surface area contributed by atoms with E-state index in [9.17, 15) is 4.79 Å². The van der Waals surface area contributed by atoms with Gasteiger partial charge in [0.05, 0.1) is 5.52 Å². The molecule has 0 aliphatic carbocycles. The largest absolute Gasteiger partial charge is 0.368 e. The molecule has 1 aromatic heterocycles. The first-order chi connectivity index (χ1) is 11.1. The second-order valence-corrected chi connectivity index (χ2v) is 5.44. The van der Waals surface area contributed by atoms with Crippen LogP contribution in [0.1, 0.15) is 21.6 Å². The number of nitrogens with two attached hydrogens (primary N) is 1. The zero-order valence-corrected chi connectivity index (χ0v) is 12.9. The third-order valence-electron chi connectivity index (χ3n) is 3.62. The number of para-hydroxylation sites is 1. The molecule has 0 fully saturated rings. The molecule has 3 rings (SSSR count). The van der Waals surface area contributed by atoms with E-state index in [0.29, 0.717) is 23.1 Å². The van der Waals surface area contributed by atoms with Gasteiger partial charge >= 0.3 is 0 Å². The molecule has 1 amide bonds. The van der Waals surface area contributed by atoms with Gasteiger partial charge in [-0.3, -0.25) is 4.79 Å². The number of fused-ring (bicyclic) bond motifs is 1. The van der Waals surface area contributed by atoms with E-state index in [0.717, 1.165) is 6.42 Å². The molecule has 0 atom stereocenters. The number of aromatic nitrogens is 2. The average Bonchev–Trinajstić information content (AvgIpc) is 2.54. The predicted molar refractivity (Wildman–Crippen MR) is 91.2 cm³/mol. The summed E-state index contributed by atoms with van der Waals surface area (Å²) in [7, 11) is 0. The number of hydrogen-bond acceptors (Lipinski definition) is 4. The van der Waals surface area contributed by atoms with E-state index >= 15 is 0 Å². The predicted octanol–water partition coefficient (Wildman–Crippen LogP) is 2.49. The number of amides is 1. The molecule has 1 heterocycles. The summed E-state index contributed by atoms with van der Waals surface area (Å²) in [6, 6.07) is 15.6. The Kier molecular flexibility index (Phi) is 4.19. The van der Waals surface area contributed by atoms with Crippen LogP contribution in [0.25, 0.3) is 10.9 Å². The molecule has 0 saturated carbocycles. The summed E-state index contributed by atoms with van der Waals surface area (Å²) >= 11 is 0. The van der Waals surface area contributed by atoms with Gasteiger partial charge in [0, 0.05) is 11.9 Å². The zero-order chi connectivity index (χ0) is 16.2. The summed E-state index contributed by atoms with van der Waals surface area (Å²) < 4.78 is 0. The topological polar surface area (TPSA) is 80.9 Å². The van der Waals surface area contributed by atoms with E-state index in [-0.39, 0.29) is 11.9 Å². The Morgan fingerprint density at radius 2 is 1.96 bits per heavy atom. The molecular weight excluding hydrogens is 288 g/mol. The summed E-state index contributed by atoms with van der Waals surface area (Å²) in [4.78, 5) is 20.6. The Balaban J connectivity index is 1.74. The number of nitrogen functional groups attached to an aromatic ring is 1. The molecule has 0 bridgehead atoms. The standard InChI is InChI=1S/C18H18N4O/c1-12-5-4-6-13(11-12)9-10-20-17(23)16-14-7-2-3-8-15(14)21-18(19)22-16/h2-8,11H,9-10H2,1H3,(H,20,23)(H2,19,21,22). The maximum atomic E-state index is 12.4. The fourth-order valence-corrected chi connectivity index (χ4v) is 2.54. The SMILES string of the molecule is Cc1cccc(CCNC(=O)c2nc(N)nc3ccccc23)c1. The highest BCUT2D eigenvalue weighted by atomic mass is 16.1. The van der Waals surface area contributed by atoms with Crippen LogP contribution in [0.4, 0.5) is 5.95 Å². The van der Waals surface area contributed by atoms with Crippen LogP contribution in [0.3, 0.4) is 0 Å². The highest BCUT2D eigenvalue weighted by molar-refractivity contribution is 6.04. The number of aryl methyl sites for hydroxylation is 1. The maximum absolute atomic E-state index is 12.4. The van der Waals surface area contributed by atoms with Crippen molar-refractivity contribution in [2.75, 3.05) is 12.3 Å². The van der Waals surface area contributed by atoms with Crippen LogP contribution in [0.2, 0.25) is 0 Å². The van der Waals surface area contributed by atoms with Crippen molar-refractivity contribution in [1.29, 1.82) is 0 Å². The molecule has 0 unspecified atom stereocenters. The molecule has 3 N–H and O–H groups in total. The summed E-state index contributed by atoms with van der Waals surface area (Å²) in [5.41, 5.74) is 9.09. The van der Waals surface area contributed by atoms with Gasteiger partial charge in [-0.05, 0) is 25.0 Å². The molecule has 23 heavy (non-hydrogen) atoms. The zero-order valence-electron chi connectivity index (χ0n) is 12.9. The fraction of sp³-hybridized carbons (Fsp3) is 0.167. The number of anilines is 1. The van der Waals surface area contributed by atoms with Gasteiger partial charge in [0.25, 0.3) is 5.91 Å². The Labute approximate surface area is 134 Å². The first kappa shape index (κ1) is 15.0. The highest BCUT2D eigenvalue weighted by Gasteiger charge is 2.13. The number of nitrogens with zero attached hydrogens (tertiary/aromatic N) is 2. The van der Waals surface area contributed by atoms with Crippen molar-refractivity contribution < 1.29 is 4.79 Å². The van der Waals surface area contributed by atoms with Crippen LogP contribution < -0.4 is 11.1 Å². The van der Waals surface area contributed by atoms with Crippen LogP contribution >= 0.6 is 0 Å². The van der Waals surface area contributed by atoms with E-state index in [1.54, 1.807) is 0 Å². The fourth-order valence-electron chi connectivity index (χ4n) is 2.54. The van der Waals surface area contributed by atoms with Crippen molar-refractivity contribution in [1.82, 2.24) is 15.3 Å². The molecule has 3 aromatic rings. The maximum Gasteiger partial charge on any atom is 0.270 e. The minimum absolute atomic E-state index is 0.104. The van der Waals surface area contributed by atoms with Crippen LogP contribution in [0.15, 0.2) is 48.5 Å². The quantitative estimate of drug-likeness (QED) is 0.776. The van der Waals surface area contributed by atoms with Crippen molar-refractivity contribution in [2.45, 2.75) is 13.3 Å². The van der Waals surface area contributed by atoms with Gasteiger partial charge in [0.15, 0.2) is 0 Å². The number of benzene rings is 2. The van der Waals surface area contributed by atoms with Gasteiger partial charge in [-0.25, -0.2) is 9.97 Å². The van der Waals surface area contributed by atoms with Crippen molar-refractivity contribution in [3.8, 4) is 0 Å². The molecule has 0 aliphatic heterocycles. The molecule has 2 aromatic carbocycles. The van der Waals surface area contributed by atoms with Crippen molar-refractivity contribution in [3.63, 3.8) is 0 Å². The van der Waals surface area contributed by atoms with Gasteiger partial charge < -0.3 is 11.1 Å². The number of hydrogen-bond donors (Lipinski definition) is 2. The van der Waals surface area contributed by atoms with Gasteiger partial charge in [0.2, 0.25) is 5.95 Å². The molecule has 0 aliphatic rings.